The number of hydrogen-bond acceptors (Lipinski definition) is 2. The van der Waals surface area contributed by atoms with Crippen molar-refractivity contribution < 1.29 is 14.7 Å². The van der Waals surface area contributed by atoms with Crippen LogP contribution in [0.5, 0.6) is 0 Å². The summed E-state index contributed by atoms with van der Waals surface area (Å²) in [6.45, 7) is 2.28. The van der Waals surface area contributed by atoms with E-state index in [1.54, 1.807) is 0 Å². The molecule has 0 radical (unpaired) electrons. The largest absolute Gasteiger partial charge is 0.481 e. The van der Waals surface area contributed by atoms with E-state index in [4.69, 9.17) is 5.11 Å². The zero-order valence-electron chi connectivity index (χ0n) is 8.25. The zero-order chi connectivity index (χ0) is 10.6. The van der Waals surface area contributed by atoms with Crippen molar-refractivity contribution in [3.8, 4) is 0 Å². The van der Waals surface area contributed by atoms with Gasteiger partial charge in [0.2, 0.25) is 0 Å². The molecule has 80 valence electrons. The SMILES string of the molecule is CCC1CC1NC(=O)NCCC(=O)O. The first-order valence-corrected chi connectivity index (χ1v) is 4.89. The van der Waals surface area contributed by atoms with Gasteiger partial charge in [-0.25, -0.2) is 4.79 Å². The fourth-order valence-electron chi connectivity index (χ4n) is 1.38. The smallest absolute Gasteiger partial charge is 0.315 e. The molecule has 1 rings (SSSR count). The molecule has 2 unspecified atom stereocenters. The number of carboxylic acid groups (broad SMARTS) is 1. The van der Waals surface area contributed by atoms with Crippen LogP contribution in [0, 0.1) is 5.92 Å². The van der Waals surface area contributed by atoms with Crippen LogP contribution in [-0.2, 0) is 4.79 Å². The second kappa shape index (κ2) is 4.83. The molecule has 0 aromatic heterocycles. The first-order chi connectivity index (χ1) is 6.63. The van der Waals surface area contributed by atoms with Gasteiger partial charge in [-0.05, 0) is 12.3 Å². The number of carboxylic acids is 1. The Balaban J connectivity index is 2.03. The fraction of sp³-hybridized carbons (Fsp3) is 0.778. The Morgan fingerprint density at radius 3 is 2.71 bits per heavy atom. The predicted octanol–water partition coefficient (Wildman–Crippen LogP) is 0.559. The molecule has 0 saturated heterocycles. The van der Waals surface area contributed by atoms with Crippen LogP contribution in [0.3, 0.4) is 0 Å². The number of carbonyl (C=O) groups excluding carboxylic acids is 1. The van der Waals surface area contributed by atoms with E-state index >= 15 is 0 Å². The van der Waals surface area contributed by atoms with E-state index in [-0.39, 0.29) is 19.0 Å². The van der Waals surface area contributed by atoms with Crippen LogP contribution in [0.15, 0.2) is 0 Å². The second-order valence-electron chi connectivity index (χ2n) is 3.55. The van der Waals surface area contributed by atoms with Gasteiger partial charge < -0.3 is 15.7 Å². The van der Waals surface area contributed by atoms with E-state index < -0.39 is 5.97 Å². The lowest BCUT2D eigenvalue weighted by molar-refractivity contribution is -0.136. The van der Waals surface area contributed by atoms with Gasteiger partial charge in [0.1, 0.15) is 0 Å². The Hall–Kier alpha value is -1.26. The lowest BCUT2D eigenvalue weighted by Crippen LogP contribution is -2.38. The Labute approximate surface area is 82.9 Å². The summed E-state index contributed by atoms with van der Waals surface area (Å²) in [5, 5.41) is 13.6. The molecule has 0 aromatic carbocycles. The Kier molecular flexibility index (Phi) is 3.73. The van der Waals surface area contributed by atoms with Crippen molar-refractivity contribution in [1.29, 1.82) is 0 Å². The number of rotatable bonds is 5. The van der Waals surface area contributed by atoms with E-state index in [0.29, 0.717) is 12.0 Å². The lowest BCUT2D eigenvalue weighted by atomic mass is 10.3. The summed E-state index contributed by atoms with van der Waals surface area (Å²) in [4.78, 5) is 21.3. The monoisotopic (exact) mass is 200 g/mol. The van der Waals surface area contributed by atoms with E-state index in [1.807, 2.05) is 0 Å². The summed E-state index contributed by atoms with van der Waals surface area (Å²) >= 11 is 0. The van der Waals surface area contributed by atoms with Gasteiger partial charge >= 0.3 is 12.0 Å². The summed E-state index contributed by atoms with van der Waals surface area (Å²) in [5.74, 6) is -0.289. The number of carbonyl (C=O) groups is 2. The third kappa shape index (κ3) is 3.64. The molecule has 5 nitrogen and oxygen atoms in total. The van der Waals surface area contributed by atoms with Crippen LogP contribution in [0.1, 0.15) is 26.2 Å². The van der Waals surface area contributed by atoms with E-state index in [0.717, 1.165) is 12.8 Å². The van der Waals surface area contributed by atoms with Crippen molar-refractivity contribution in [3.63, 3.8) is 0 Å². The Bertz CT molecular complexity index is 230. The van der Waals surface area contributed by atoms with Crippen LogP contribution in [0.25, 0.3) is 0 Å². The van der Waals surface area contributed by atoms with Crippen molar-refractivity contribution in [1.82, 2.24) is 10.6 Å². The lowest BCUT2D eigenvalue weighted by Gasteiger charge is -2.05. The highest BCUT2D eigenvalue weighted by Crippen LogP contribution is 2.32. The number of nitrogens with one attached hydrogen (secondary N) is 2. The van der Waals surface area contributed by atoms with Gasteiger partial charge in [-0.3, -0.25) is 4.79 Å². The highest BCUT2D eigenvalue weighted by atomic mass is 16.4. The molecule has 0 aliphatic heterocycles. The quantitative estimate of drug-likeness (QED) is 0.606. The van der Waals surface area contributed by atoms with Crippen LogP contribution in [0.4, 0.5) is 4.79 Å². The van der Waals surface area contributed by atoms with Crippen molar-refractivity contribution in [2.45, 2.75) is 32.2 Å². The molecule has 1 aliphatic rings. The molecule has 1 aliphatic carbocycles. The molecule has 1 saturated carbocycles. The molecule has 2 amide bonds. The molecule has 0 bridgehead atoms. The minimum atomic E-state index is -0.900. The molecule has 0 spiro atoms. The van der Waals surface area contributed by atoms with Crippen molar-refractivity contribution in [3.05, 3.63) is 0 Å². The van der Waals surface area contributed by atoms with E-state index in [1.165, 1.54) is 0 Å². The summed E-state index contributed by atoms with van der Waals surface area (Å²) in [6.07, 6.45) is 2.10. The summed E-state index contributed by atoms with van der Waals surface area (Å²) in [7, 11) is 0. The maximum absolute atomic E-state index is 11.1. The van der Waals surface area contributed by atoms with Gasteiger partial charge in [0.15, 0.2) is 0 Å². The maximum Gasteiger partial charge on any atom is 0.315 e. The van der Waals surface area contributed by atoms with Gasteiger partial charge in [0.25, 0.3) is 0 Å². The second-order valence-corrected chi connectivity index (χ2v) is 3.55. The number of aliphatic carboxylic acids is 1. The Morgan fingerprint density at radius 1 is 1.50 bits per heavy atom. The fourth-order valence-corrected chi connectivity index (χ4v) is 1.38. The predicted molar refractivity (Wildman–Crippen MR) is 51.0 cm³/mol. The third-order valence-electron chi connectivity index (χ3n) is 2.39. The first-order valence-electron chi connectivity index (χ1n) is 4.89. The average Bonchev–Trinajstić information content (AvgIpc) is 2.82. The van der Waals surface area contributed by atoms with Crippen molar-refractivity contribution in [2.75, 3.05) is 6.54 Å². The van der Waals surface area contributed by atoms with E-state index in [9.17, 15) is 9.59 Å². The third-order valence-corrected chi connectivity index (χ3v) is 2.39. The highest BCUT2D eigenvalue weighted by Gasteiger charge is 2.36. The van der Waals surface area contributed by atoms with Gasteiger partial charge in [0.05, 0.1) is 6.42 Å². The normalized spacial score (nSPS) is 24.1. The molecule has 14 heavy (non-hydrogen) atoms. The molecular weight excluding hydrogens is 184 g/mol. The standard InChI is InChI=1S/C9H16N2O3/c1-2-6-5-7(6)11-9(14)10-4-3-8(12)13/h6-7H,2-5H2,1H3,(H,12,13)(H2,10,11,14). The highest BCUT2D eigenvalue weighted by molar-refractivity contribution is 5.75. The van der Waals surface area contributed by atoms with Crippen LogP contribution in [-0.4, -0.2) is 29.7 Å². The summed E-state index contributed by atoms with van der Waals surface area (Å²) in [6, 6.07) is 0.0389. The van der Waals surface area contributed by atoms with Crippen molar-refractivity contribution in [2.24, 2.45) is 5.92 Å². The van der Waals surface area contributed by atoms with Gasteiger partial charge in [-0.1, -0.05) is 13.3 Å². The Morgan fingerprint density at radius 2 is 2.21 bits per heavy atom. The molecule has 2 atom stereocenters. The van der Waals surface area contributed by atoms with Gasteiger partial charge in [-0.15, -0.1) is 0 Å². The molecular formula is C9H16N2O3. The van der Waals surface area contributed by atoms with E-state index in [2.05, 4.69) is 17.6 Å². The average molecular weight is 200 g/mol. The van der Waals surface area contributed by atoms with Crippen LogP contribution in [0.2, 0.25) is 0 Å². The number of urea groups is 1. The van der Waals surface area contributed by atoms with Gasteiger partial charge in [0, 0.05) is 12.6 Å². The minimum Gasteiger partial charge on any atom is -0.481 e. The molecule has 1 fully saturated rings. The number of amides is 2. The first kappa shape index (κ1) is 10.8. The summed E-state index contributed by atoms with van der Waals surface area (Å²) < 4.78 is 0. The molecule has 5 heteroatoms. The van der Waals surface area contributed by atoms with Gasteiger partial charge in [-0.2, -0.15) is 0 Å². The molecule has 0 heterocycles. The van der Waals surface area contributed by atoms with Crippen LogP contribution < -0.4 is 10.6 Å². The summed E-state index contributed by atoms with van der Waals surface area (Å²) in [5.41, 5.74) is 0. The maximum atomic E-state index is 11.1. The zero-order valence-corrected chi connectivity index (χ0v) is 8.25. The number of hydrogen-bond donors (Lipinski definition) is 3. The van der Waals surface area contributed by atoms with Crippen LogP contribution >= 0.6 is 0 Å². The minimum absolute atomic E-state index is 0.0324. The molecule has 0 aromatic rings. The topological polar surface area (TPSA) is 78.4 Å². The molecule has 3 N–H and O–H groups in total. The van der Waals surface area contributed by atoms with Crippen molar-refractivity contribution >= 4 is 12.0 Å².